The molecule has 0 aliphatic heterocycles. The molecule has 5 rings (SSSR count). The van der Waals surface area contributed by atoms with Gasteiger partial charge in [0, 0.05) is 24.1 Å². The number of anilines is 1. The Labute approximate surface area is 217 Å². The van der Waals surface area contributed by atoms with Crippen molar-refractivity contribution >= 4 is 11.7 Å². The highest BCUT2D eigenvalue weighted by atomic mass is 16.5. The van der Waals surface area contributed by atoms with Gasteiger partial charge >= 0.3 is 5.97 Å². The lowest BCUT2D eigenvalue weighted by molar-refractivity contribution is -0.149. The number of aliphatic hydroxyl groups excluding tert-OH is 1. The maximum atomic E-state index is 12.0. The highest BCUT2D eigenvalue weighted by Gasteiger charge is 2.50. The Kier molecular flexibility index (Phi) is 6.84. The summed E-state index contributed by atoms with van der Waals surface area (Å²) in [5.41, 5.74) is 5.88. The average molecular weight is 504 g/mol. The molecule has 0 bridgehead atoms. The number of aliphatic hydroxyl groups is 1. The molecule has 0 unspecified atom stereocenters. The van der Waals surface area contributed by atoms with Gasteiger partial charge in [-0.05, 0) is 71.8 Å². The van der Waals surface area contributed by atoms with Gasteiger partial charge in [-0.25, -0.2) is 4.79 Å². The molecule has 2 aliphatic rings. The summed E-state index contributed by atoms with van der Waals surface area (Å²) in [5.74, 6) is 0.488. The lowest BCUT2D eigenvalue weighted by Crippen LogP contribution is -2.58. The van der Waals surface area contributed by atoms with Crippen molar-refractivity contribution in [2.45, 2.75) is 57.0 Å². The standard InChI is InChI=1S/C30H33NO6/c1-18-27(35-2)13-21(14-28(18)36-3)26-9-8-23(31-30(29(33)34)15-24(32)16-30)10-22(26)17-37-25-11-19-6-4-5-7-20(19)12-25/h4-10,13-14,24-25,31-32H,11-12,15-17H2,1-3H3,(H,33,34). The number of hydrogen-bond acceptors (Lipinski definition) is 6. The van der Waals surface area contributed by atoms with Crippen molar-refractivity contribution in [1.82, 2.24) is 0 Å². The van der Waals surface area contributed by atoms with Gasteiger partial charge in [0.1, 0.15) is 17.0 Å². The molecule has 7 nitrogen and oxygen atoms in total. The third kappa shape index (κ3) is 4.89. The van der Waals surface area contributed by atoms with E-state index in [1.165, 1.54) is 11.1 Å². The maximum Gasteiger partial charge on any atom is 0.329 e. The molecule has 3 aromatic carbocycles. The SMILES string of the molecule is COc1cc(-c2ccc(NC3(C(=O)O)CC(O)C3)cc2COC2Cc3ccccc3C2)cc(OC)c1C. The van der Waals surface area contributed by atoms with E-state index < -0.39 is 17.6 Å². The predicted octanol–water partition coefficient (Wildman–Crippen LogP) is 4.75. The molecule has 3 N–H and O–H groups in total. The van der Waals surface area contributed by atoms with Gasteiger partial charge in [0.15, 0.2) is 0 Å². The third-order valence-corrected chi connectivity index (χ3v) is 7.62. The van der Waals surface area contributed by atoms with Crippen molar-refractivity contribution in [3.05, 3.63) is 76.9 Å². The topological polar surface area (TPSA) is 97.3 Å². The van der Waals surface area contributed by atoms with E-state index >= 15 is 0 Å². The minimum Gasteiger partial charge on any atom is -0.496 e. The van der Waals surface area contributed by atoms with Crippen molar-refractivity contribution in [3.8, 4) is 22.6 Å². The molecule has 194 valence electrons. The second-order valence-corrected chi connectivity index (χ2v) is 10.1. The zero-order valence-electron chi connectivity index (χ0n) is 21.4. The predicted molar refractivity (Wildman–Crippen MR) is 141 cm³/mol. The molecule has 0 aromatic heterocycles. The van der Waals surface area contributed by atoms with Crippen LogP contribution in [0, 0.1) is 6.92 Å². The number of hydrogen-bond donors (Lipinski definition) is 3. The fraction of sp³-hybridized carbons (Fsp3) is 0.367. The van der Waals surface area contributed by atoms with Gasteiger partial charge in [0.2, 0.25) is 0 Å². The fourth-order valence-electron chi connectivity index (χ4n) is 5.51. The lowest BCUT2D eigenvalue weighted by atomic mass is 9.74. The number of carbonyl (C=O) groups is 1. The summed E-state index contributed by atoms with van der Waals surface area (Å²) in [6.45, 7) is 2.32. The van der Waals surface area contributed by atoms with Gasteiger partial charge in [-0.3, -0.25) is 0 Å². The molecule has 2 aliphatic carbocycles. The smallest absolute Gasteiger partial charge is 0.329 e. The molecule has 0 radical (unpaired) electrons. The van der Waals surface area contributed by atoms with E-state index in [9.17, 15) is 15.0 Å². The highest BCUT2D eigenvalue weighted by Crippen LogP contribution is 2.39. The first-order chi connectivity index (χ1) is 17.8. The number of ether oxygens (including phenoxy) is 3. The van der Waals surface area contributed by atoms with Crippen LogP contribution in [0.4, 0.5) is 5.69 Å². The number of methoxy groups -OCH3 is 2. The summed E-state index contributed by atoms with van der Waals surface area (Å²) < 4.78 is 17.6. The monoisotopic (exact) mass is 503 g/mol. The van der Waals surface area contributed by atoms with Gasteiger partial charge in [-0.15, -0.1) is 0 Å². The molecular weight excluding hydrogens is 470 g/mol. The molecule has 0 spiro atoms. The molecule has 0 heterocycles. The molecule has 7 heteroatoms. The van der Waals surface area contributed by atoms with Crippen LogP contribution in [-0.4, -0.2) is 48.1 Å². The molecule has 1 fully saturated rings. The Bertz CT molecular complexity index is 1260. The van der Waals surface area contributed by atoms with E-state index in [1.807, 2.05) is 37.3 Å². The van der Waals surface area contributed by atoms with Crippen LogP contribution < -0.4 is 14.8 Å². The van der Waals surface area contributed by atoms with E-state index in [0.29, 0.717) is 12.3 Å². The minimum atomic E-state index is -1.16. The second kappa shape index (κ2) is 10.1. The maximum absolute atomic E-state index is 12.0. The number of carboxylic acid groups (broad SMARTS) is 1. The summed E-state index contributed by atoms with van der Waals surface area (Å²) in [5, 5.41) is 22.8. The van der Waals surface area contributed by atoms with Crippen molar-refractivity contribution in [2.24, 2.45) is 0 Å². The summed E-state index contributed by atoms with van der Waals surface area (Å²) in [6.07, 6.45) is 1.55. The van der Waals surface area contributed by atoms with E-state index in [0.717, 1.165) is 46.6 Å². The zero-order chi connectivity index (χ0) is 26.2. The van der Waals surface area contributed by atoms with E-state index in [1.54, 1.807) is 14.2 Å². The first-order valence-electron chi connectivity index (χ1n) is 12.6. The molecule has 1 saturated carbocycles. The van der Waals surface area contributed by atoms with Gasteiger partial charge in [0.05, 0.1) is 33.0 Å². The quantitative estimate of drug-likeness (QED) is 0.388. The Morgan fingerprint density at radius 3 is 2.16 bits per heavy atom. The van der Waals surface area contributed by atoms with Gasteiger partial charge in [0.25, 0.3) is 0 Å². The fourth-order valence-corrected chi connectivity index (χ4v) is 5.51. The molecular formula is C30H33NO6. The number of aliphatic carboxylic acids is 1. The largest absolute Gasteiger partial charge is 0.496 e. The summed E-state index contributed by atoms with van der Waals surface area (Å²) >= 11 is 0. The van der Waals surface area contributed by atoms with Gasteiger partial charge < -0.3 is 29.7 Å². The lowest BCUT2D eigenvalue weighted by Gasteiger charge is -2.42. The number of benzene rings is 3. The van der Waals surface area contributed by atoms with Crippen LogP contribution in [0.2, 0.25) is 0 Å². The van der Waals surface area contributed by atoms with Crippen LogP contribution >= 0.6 is 0 Å². The first kappa shape index (κ1) is 25.1. The third-order valence-electron chi connectivity index (χ3n) is 7.62. The molecule has 0 saturated heterocycles. The van der Waals surface area contributed by atoms with E-state index in [-0.39, 0.29) is 18.9 Å². The van der Waals surface area contributed by atoms with Crippen molar-refractivity contribution in [2.75, 3.05) is 19.5 Å². The summed E-state index contributed by atoms with van der Waals surface area (Å²) in [7, 11) is 3.28. The molecule has 0 amide bonds. The molecule has 3 aromatic rings. The van der Waals surface area contributed by atoms with Gasteiger partial charge in [-0.1, -0.05) is 30.3 Å². The summed E-state index contributed by atoms with van der Waals surface area (Å²) in [4.78, 5) is 12.0. The van der Waals surface area contributed by atoms with Crippen molar-refractivity contribution in [3.63, 3.8) is 0 Å². The second-order valence-electron chi connectivity index (χ2n) is 10.1. The Morgan fingerprint density at radius 1 is 1.00 bits per heavy atom. The zero-order valence-corrected chi connectivity index (χ0v) is 21.4. The number of rotatable bonds is 9. The Morgan fingerprint density at radius 2 is 1.62 bits per heavy atom. The van der Waals surface area contributed by atoms with E-state index in [2.05, 4.69) is 29.6 Å². The van der Waals surface area contributed by atoms with Crippen molar-refractivity contribution < 1.29 is 29.2 Å². The molecule has 37 heavy (non-hydrogen) atoms. The van der Waals surface area contributed by atoms with Crippen molar-refractivity contribution in [1.29, 1.82) is 0 Å². The summed E-state index contributed by atoms with van der Waals surface area (Å²) in [6, 6.07) is 18.2. The molecule has 0 atom stereocenters. The minimum absolute atomic E-state index is 0.0797. The van der Waals surface area contributed by atoms with Crippen LogP contribution in [0.1, 0.15) is 35.1 Å². The van der Waals surface area contributed by atoms with E-state index in [4.69, 9.17) is 14.2 Å². The number of carboxylic acids is 1. The van der Waals surface area contributed by atoms with Crippen LogP contribution in [0.15, 0.2) is 54.6 Å². The Balaban J connectivity index is 1.47. The van der Waals surface area contributed by atoms with Crippen LogP contribution in [0.5, 0.6) is 11.5 Å². The number of nitrogens with one attached hydrogen (secondary N) is 1. The Hall–Kier alpha value is -3.55. The van der Waals surface area contributed by atoms with Crippen LogP contribution in [-0.2, 0) is 29.0 Å². The first-order valence-corrected chi connectivity index (χ1v) is 12.6. The number of fused-ring (bicyclic) bond motifs is 1. The average Bonchev–Trinajstić information content (AvgIpc) is 3.29. The van der Waals surface area contributed by atoms with Crippen LogP contribution in [0.25, 0.3) is 11.1 Å². The highest BCUT2D eigenvalue weighted by molar-refractivity contribution is 5.85. The van der Waals surface area contributed by atoms with Gasteiger partial charge in [-0.2, -0.15) is 0 Å². The van der Waals surface area contributed by atoms with Crippen LogP contribution in [0.3, 0.4) is 0 Å². The normalized spacial score (nSPS) is 20.7.